The lowest BCUT2D eigenvalue weighted by molar-refractivity contribution is -0.168. The Balaban J connectivity index is 1.51. The Labute approximate surface area is 154 Å². The normalized spacial score (nSPS) is 43.5. The summed E-state index contributed by atoms with van der Waals surface area (Å²) in [5, 5.41) is 21.3. The molecule has 1 saturated heterocycles. The Morgan fingerprint density at radius 3 is 2.85 bits per heavy atom. The quantitative estimate of drug-likeness (QED) is 0.754. The van der Waals surface area contributed by atoms with E-state index in [4.69, 9.17) is 10.5 Å². The lowest BCUT2D eigenvalue weighted by Crippen LogP contribution is -2.76. The molecule has 3 aliphatic carbocycles. The third kappa shape index (κ3) is 1.64. The van der Waals surface area contributed by atoms with Gasteiger partial charge in [0.2, 0.25) is 0 Å². The van der Waals surface area contributed by atoms with Crippen LogP contribution < -0.4 is 10.5 Å². The molecule has 1 spiro atoms. The highest BCUT2D eigenvalue weighted by molar-refractivity contribution is 5.62. The van der Waals surface area contributed by atoms with E-state index < -0.39 is 11.8 Å². The largest absolute Gasteiger partial charge is 0.504 e. The zero-order valence-electron chi connectivity index (χ0n) is 15.2. The number of nitrogens with zero attached hydrogens (tertiary/aromatic N) is 1. The Hall–Kier alpha value is -1.30. The molecule has 2 heterocycles. The van der Waals surface area contributed by atoms with Crippen molar-refractivity contribution in [2.45, 2.75) is 68.2 Å². The molecular formula is C21H28N2O3. The summed E-state index contributed by atoms with van der Waals surface area (Å²) in [5.41, 5.74) is 7.76. The van der Waals surface area contributed by atoms with Crippen molar-refractivity contribution in [3.05, 3.63) is 23.3 Å². The van der Waals surface area contributed by atoms with Gasteiger partial charge in [-0.25, -0.2) is 0 Å². The second-order valence-electron chi connectivity index (χ2n) is 9.33. The van der Waals surface area contributed by atoms with Gasteiger partial charge in [-0.05, 0) is 68.5 Å². The van der Waals surface area contributed by atoms with Crippen molar-refractivity contribution < 1.29 is 14.9 Å². The lowest BCUT2D eigenvalue weighted by Gasteiger charge is -2.62. The molecule has 0 aromatic heterocycles. The molecule has 4 N–H and O–H groups in total. The summed E-state index contributed by atoms with van der Waals surface area (Å²) in [7, 11) is 0. The van der Waals surface area contributed by atoms with Gasteiger partial charge in [0, 0.05) is 18.2 Å². The van der Waals surface area contributed by atoms with Gasteiger partial charge in [0.25, 0.3) is 0 Å². The molecule has 26 heavy (non-hydrogen) atoms. The first-order valence-electron chi connectivity index (χ1n) is 10.3. The molecule has 5 nitrogen and oxygen atoms in total. The molecule has 3 fully saturated rings. The average Bonchev–Trinajstić information content (AvgIpc) is 2.86. The van der Waals surface area contributed by atoms with Gasteiger partial charge in [-0.3, -0.25) is 10.6 Å². The monoisotopic (exact) mass is 356 g/mol. The number of nitrogens with two attached hydrogens (primary N) is 1. The van der Waals surface area contributed by atoms with Gasteiger partial charge in [0.05, 0.1) is 5.41 Å². The van der Waals surface area contributed by atoms with E-state index in [2.05, 4.69) is 11.0 Å². The minimum Gasteiger partial charge on any atom is -0.504 e. The number of piperidine rings is 1. The van der Waals surface area contributed by atoms with Gasteiger partial charge in [-0.2, -0.15) is 0 Å². The molecule has 1 aromatic carbocycles. The van der Waals surface area contributed by atoms with E-state index in [1.165, 1.54) is 31.4 Å². The molecule has 2 aliphatic heterocycles. The number of phenols is 1. The Kier molecular flexibility index (Phi) is 2.99. The summed E-state index contributed by atoms with van der Waals surface area (Å²) in [6.07, 6.45) is 7.04. The first-order valence-corrected chi connectivity index (χ1v) is 10.3. The van der Waals surface area contributed by atoms with Crippen molar-refractivity contribution in [1.82, 2.24) is 4.90 Å². The number of hydrogen-bond donors (Lipinski definition) is 3. The third-order valence-corrected chi connectivity index (χ3v) is 8.39. The van der Waals surface area contributed by atoms with E-state index in [1.54, 1.807) is 6.07 Å². The van der Waals surface area contributed by atoms with Crippen LogP contribution in [0.25, 0.3) is 0 Å². The van der Waals surface area contributed by atoms with Gasteiger partial charge in [0.1, 0.15) is 6.10 Å². The van der Waals surface area contributed by atoms with Crippen LogP contribution in [0.5, 0.6) is 11.5 Å². The predicted molar refractivity (Wildman–Crippen MR) is 97.1 cm³/mol. The van der Waals surface area contributed by atoms with Crippen molar-refractivity contribution >= 4 is 0 Å². The molecule has 2 saturated carbocycles. The Morgan fingerprint density at radius 1 is 1.23 bits per heavy atom. The number of hydrogen-bond acceptors (Lipinski definition) is 5. The number of rotatable bonds is 2. The maximum atomic E-state index is 10.9. The number of aliphatic hydroxyl groups is 1. The van der Waals surface area contributed by atoms with E-state index in [0.717, 1.165) is 37.3 Å². The lowest BCUT2D eigenvalue weighted by atomic mass is 9.49. The number of phenolic OH excluding ortho intramolecular Hbond substituents is 1. The zero-order valence-corrected chi connectivity index (χ0v) is 15.2. The standard InChI is InChI=1S/C21H28N2O3/c22-21-17(25)7-5-14-15-10-13-4-6-16(24)19(26-21)18(13)20(14,21)8-9-23(15)11-12-2-1-3-12/h4,6,12,14-15,17,24-25H,1-3,5,7-11,22H2/t14-,15+,17-,20-,21-/m0/s1. The summed E-state index contributed by atoms with van der Waals surface area (Å²) < 4.78 is 6.22. The maximum absolute atomic E-state index is 10.9. The molecule has 5 atom stereocenters. The molecule has 1 aromatic rings. The fourth-order valence-corrected chi connectivity index (χ4v) is 6.97. The highest BCUT2D eigenvalue weighted by atomic mass is 16.5. The maximum Gasteiger partial charge on any atom is 0.194 e. The number of aliphatic hydroxyl groups excluding tert-OH is 1. The first-order chi connectivity index (χ1) is 12.5. The van der Waals surface area contributed by atoms with Crippen LogP contribution >= 0.6 is 0 Å². The van der Waals surface area contributed by atoms with E-state index in [-0.39, 0.29) is 11.2 Å². The van der Waals surface area contributed by atoms with E-state index in [9.17, 15) is 10.2 Å². The molecule has 0 amide bonds. The van der Waals surface area contributed by atoms with Crippen molar-refractivity contribution in [3.63, 3.8) is 0 Å². The van der Waals surface area contributed by atoms with Crippen molar-refractivity contribution in [3.8, 4) is 11.5 Å². The van der Waals surface area contributed by atoms with Crippen LogP contribution in [-0.4, -0.2) is 46.1 Å². The predicted octanol–water partition coefficient (Wildman–Crippen LogP) is 1.88. The van der Waals surface area contributed by atoms with Crippen molar-refractivity contribution in [2.75, 3.05) is 13.1 Å². The van der Waals surface area contributed by atoms with E-state index in [0.29, 0.717) is 24.1 Å². The SMILES string of the molecule is N[C@@]12Oc3c(O)ccc4c3[C@@]13CCN(CC1CCC1)[C@H](C4)[C@@H]3CC[C@@H]2O. The Morgan fingerprint density at radius 2 is 2.08 bits per heavy atom. The Bertz CT molecular complexity index is 779. The van der Waals surface area contributed by atoms with Gasteiger partial charge >= 0.3 is 0 Å². The number of aromatic hydroxyl groups is 1. The molecule has 0 unspecified atom stereocenters. The van der Waals surface area contributed by atoms with Crippen LogP contribution in [0.15, 0.2) is 12.1 Å². The van der Waals surface area contributed by atoms with E-state index >= 15 is 0 Å². The van der Waals surface area contributed by atoms with Gasteiger partial charge < -0.3 is 14.9 Å². The van der Waals surface area contributed by atoms with Gasteiger partial charge in [-0.15, -0.1) is 0 Å². The molecule has 140 valence electrons. The second kappa shape index (κ2) is 4.94. The van der Waals surface area contributed by atoms with Crippen LogP contribution in [0.4, 0.5) is 0 Å². The minimum atomic E-state index is -1.10. The first kappa shape index (κ1) is 15.7. The number of likely N-dealkylation sites (tertiary alicyclic amines) is 1. The van der Waals surface area contributed by atoms with Crippen LogP contribution in [0.1, 0.15) is 49.7 Å². The molecular weight excluding hydrogens is 328 g/mol. The van der Waals surface area contributed by atoms with Crippen molar-refractivity contribution in [1.29, 1.82) is 0 Å². The highest BCUT2D eigenvalue weighted by Crippen LogP contribution is 2.66. The smallest absolute Gasteiger partial charge is 0.194 e. The third-order valence-electron chi connectivity index (χ3n) is 8.39. The summed E-state index contributed by atoms with van der Waals surface area (Å²) in [4.78, 5) is 2.71. The summed E-state index contributed by atoms with van der Waals surface area (Å²) in [6, 6.07) is 4.28. The van der Waals surface area contributed by atoms with Crippen LogP contribution in [0.2, 0.25) is 0 Å². The molecule has 2 bridgehead atoms. The van der Waals surface area contributed by atoms with Crippen LogP contribution in [-0.2, 0) is 11.8 Å². The molecule has 5 aliphatic rings. The molecule has 5 heteroatoms. The van der Waals surface area contributed by atoms with Crippen LogP contribution in [0, 0.1) is 11.8 Å². The molecule has 6 rings (SSSR count). The number of benzene rings is 1. The summed E-state index contributed by atoms with van der Waals surface area (Å²) >= 11 is 0. The summed E-state index contributed by atoms with van der Waals surface area (Å²) in [6.45, 7) is 2.22. The van der Waals surface area contributed by atoms with Gasteiger partial charge in [-0.1, -0.05) is 12.5 Å². The van der Waals surface area contributed by atoms with Crippen LogP contribution in [0.3, 0.4) is 0 Å². The number of ether oxygens (including phenoxy) is 1. The topological polar surface area (TPSA) is 79.0 Å². The average molecular weight is 356 g/mol. The van der Waals surface area contributed by atoms with Crippen molar-refractivity contribution in [2.24, 2.45) is 17.6 Å². The fourth-order valence-electron chi connectivity index (χ4n) is 6.97. The molecule has 0 radical (unpaired) electrons. The summed E-state index contributed by atoms with van der Waals surface area (Å²) in [5.74, 6) is 1.97. The second-order valence-corrected chi connectivity index (χ2v) is 9.33. The van der Waals surface area contributed by atoms with Gasteiger partial charge in [0.15, 0.2) is 17.2 Å². The fraction of sp³-hybridized carbons (Fsp3) is 0.714. The highest BCUT2D eigenvalue weighted by Gasteiger charge is 2.72. The zero-order chi connectivity index (χ0) is 17.7. The van der Waals surface area contributed by atoms with E-state index in [1.807, 2.05) is 0 Å². The minimum absolute atomic E-state index is 0.165.